The zero-order chi connectivity index (χ0) is 12.3. The Labute approximate surface area is 101 Å². The first-order chi connectivity index (χ1) is 8.16. The standard InChI is InChI=1S/C12H9FO3S/c13-9-3-1-2-4-10(9)16-7-8-5-6-11(17-8)12(14)15/h1-6H,7H2,(H,14,15). The number of para-hydroxylation sites is 1. The molecule has 0 atom stereocenters. The first-order valence-corrected chi connectivity index (χ1v) is 5.68. The molecule has 0 saturated heterocycles. The monoisotopic (exact) mass is 252 g/mol. The van der Waals surface area contributed by atoms with E-state index in [-0.39, 0.29) is 17.2 Å². The zero-order valence-electron chi connectivity index (χ0n) is 8.72. The molecule has 2 aromatic rings. The Kier molecular flexibility index (Phi) is 3.39. The third kappa shape index (κ3) is 2.82. The van der Waals surface area contributed by atoms with Gasteiger partial charge in [-0.1, -0.05) is 12.1 Å². The van der Waals surface area contributed by atoms with Gasteiger partial charge in [0.2, 0.25) is 0 Å². The minimum Gasteiger partial charge on any atom is -0.485 e. The summed E-state index contributed by atoms with van der Waals surface area (Å²) in [5, 5.41) is 8.74. The van der Waals surface area contributed by atoms with Crippen LogP contribution in [0.3, 0.4) is 0 Å². The molecule has 0 unspecified atom stereocenters. The number of benzene rings is 1. The number of carboxylic acid groups (broad SMARTS) is 1. The fourth-order valence-corrected chi connectivity index (χ4v) is 2.04. The average Bonchev–Trinajstić information content (AvgIpc) is 2.77. The van der Waals surface area contributed by atoms with Gasteiger partial charge in [-0.3, -0.25) is 0 Å². The Balaban J connectivity index is 2.02. The highest BCUT2D eigenvalue weighted by Crippen LogP contribution is 2.21. The maximum atomic E-state index is 13.2. The second-order valence-corrected chi connectivity index (χ2v) is 4.46. The molecule has 0 aliphatic carbocycles. The maximum absolute atomic E-state index is 13.2. The Morgan fingerprint density at radius 1 is 1.29 bits per heavy atom. The highest BCUT2D eigenvalue weighted by atomic mass is 32.1. The van der Waals surface area contributed by atoms with Crippen molar-refractivity contribution in [3.05, 3.63) is 52.0 Å². The highest BCUT2D eigenvalue weighted by molar-refractivity contribution is 7.13. The quantitative estimate of drug-likeness (QED) is 0.909. The summed E-state index contributed by atoms with van der Waals surface area (Å²) in [5.41, 5.74) is 0. The van der Waals surface area contributed by atoms with Crippen LogP contribution < -0.4 is 4.74 Å². The van der Waals surface area contributed by atoms with E-state index >= 15 is 0 Å². The molecule has 0 saturated carbocycles. The van der Waals surface area contributed by atoms with Gasteiger partial charge in [-0.15, -0.1) is 11.3 Å². The molecule has 0 amide bonds. The summed E-state index contributed by atoms with van der Waals surface area (Å²) < 4.78 is 18.5. The summed E-state index contributed by atoms with van der Waals surface area (Å²) in [6.45, 7) is 0.166. The van der Waals surface area contributed by atoms with Crippen molar-refractivity contribution >= 4 is 17.3 Å². The molecule has 0 aliphatic heterocycles. The molecule has 1 aromatic carbocycles. The number of thiophene rings is 1. The molecule has 0 fully saturated rings. The Hall–Kier alpha value is -1.88. The van der Waals surface area contributed by atoms with Gasteiger partial charge in [0.25, 0.3) is 0 Å². The van der Waals surface area contributed by atoms with Crippen LogP contribution in [0.25, 0.3) is 0 Å². The van der Waals surface area contributed by atoms with Crippen molar-refractivity contribution in [2.75, 3.05) is 0 Å². The number of hydrogen-bond acceptors (Lipinski definition) is 3. The molecule has 0 aliphatic rings. The van der Waals surface area contributed by atoms with Crippen LogP contribution in [-0.2, 0) is 6.61 Å². The zero-order valence-corrected chi connectivity index (χ0v) is 9.54. The van der Waals surface area contributed by atoms with Gasteiger partial charge in [0.15, 0.2) is 11.6 Å². The van der Waals surface area contributed by atoms with Gasteiger partial charge < -0.3 is 9.84 Å². The van der Waals surface area contributed by atoms with Crippen LogP contribution in [0.1, 0.15) is 14.5 Å². The van der Waals surface area contributed by atoms with Gasteiger partial charge >= 0.3 is 5.97 Å². The van der Waals surface area contributed by atoms with E-state index in [1.165, 1.54) is 18.2 Å². The van der Waals surface area contributed by atoms with Gasteiger partial charge in [0.1, 0.15) is 11.5 Å². The number of ether oxygens (including phenoxy) is 1. The normalized spacial score (nSPS) is 10.2. The number of aromatic carboxylic acids is 1. The van der Waals surface area contributed by atoms with Crippen LogP contribution in [0.4, 0.5) is 4.39 Å². The molecule has 5 heteroatoms. The van der Waals surface area contributed by atoms with Crippen molar-refractivity contribution in [2.45, 2.75) is 6.61 Å². The topological polar surface area (TPSA) is 46.5 Å². The van der Waals surface area contributed by atoms with Crippen molar-refractivity contribution in [2.24, 2.45) is 0 Å². The molecule has 0 radical (unpaired) electrons. The summed E-state index contributed by atoms with van der Waals surface area (Å²) >= 11 is 1.12. The van der Waals surface area contributed by atoms with Crippen molar-refractivity contribution in [1.82, 2.24) is 0 Å². The predicted octanol–water partition coefficient (Wildman–Crippen LogP) is 3.16. The molecule has 3 nitrogen and oxygen atoms in total. The molecule has 1 N–H and O–H groups in total. The first kappa shape index (κ1) is 11.6. The van der Waals surface area contributed by atoms with Crippen molar-refractivity contribution in [3.8, 4) is 5.75 Å². The number of hydrogen-bond donors (Lipinski definition) is 1. The third-order valence-corrected chi connectivity index (χ3v) is 3.13. The van der Waals surface area contributed by atoms with Gasteiger partial charge in [0.05, 0.1) is 0 Å². The van der Waals surface area contributed by atoms with Crippen LogP contribution in [0.15, 0.2) is 36.4 Å². The van der Waals surface area contributed by atoms with E-state index in [4.69, 9.17) is 9.84 Å². The van der Waals surface area contributed by atoms with E-state index in [0.29, 0.717) is 0 Å². The van der Waals surface area contributed by atoms with E-state index in [1.54, 1.807) is 18.2 Å². The van der Waals surface area contributed by atoms with Crippen molar-refractivity contribution in [3.63, 3.8) is 0 Å². The fraction of sp³-hybridized carbons (Fsp3) is 0.0833. The molecular formula is C12H9FO3S. The molecule has 0 spiro atoms. The largest absolute Gasteiger partial charge is 0.485 e. The molecule has 1 aromatic heterocycles. The van der Waals surface area contributed by atoms with Crippen LogP contribution in [0, 0.1) is 5.82 Å². The lowest BCUT2D eigenvalue weighted by atomic mass is 10.3. The van der Waals surface area contributed by atoms with Crippen LogP contribution in [0.2, 0.25) is 0 Å². The summed E-state index contributed by atoms with van der Waals surface area (Å²) in [5.74, 6) is -1.23. The van der Waals surface area contributed by atoms with E-state index in [9.17, 15) is 9.18 Å². The van der Waals surface area contributed by atoms with E-state index in [2.05, 4.69) is 0 Å². The lowest BCUT2D eigenvalue weighted by molar-refractivity contribution is 0.0702. The summed E-state index contributed by atoms with van der Waals surface area (Å²) in [6.07, 6.45) is 0. The molecule has 1 heterocycles. The molecular weight excluding hydrogens is 243 g/mol. The predicted molar refractivity (Wildman–Crippen MR) is 62.0 cm³/mol. The smallest absolute Gasteiger partial charge is 0.345 e. The van der Waals surface area contributed by atoms with Crippen LogP contribution in [-0.4, -0.2) is 11.1 Å². The molecule has 0 bridgehead atoms. The van der Waals surface area contributed by atoms with Gasteiger partial charge in [0, 0.05) is 4.88 Å². The molecule has 2 rings (SSSR count). The third-order valence-electron chi connectivity index (χ3n) is 2.08. The van der Waals surface area contributed by atoms with Gasteiger partial charge in [-0.2, -0.15) is 0 Å². The Morgan fingerprint density at radius 3 is 2.71 bits per heavy atom. The van der Waals surface area contributed by atoms with Crippen LogP contribution >= 0.6 is 11.3 Å². The first-order valence-electron chi connectivity index (χ1n) is 4.86. The summed E-state index contributed by atoms with van der Waals surface area (Å²) in [6, 6.07) is 9.26. The number of halogens is 1. The number of rotatable bonds is 4. The minimum absolute atomic E-state index is 0.165. The fourth-order valence-electron chi connectivity index (χ4n) is 1.28. The summed E-state index contributed by atoms with van der Waals surface area (Å²) in [4.78, 5) is 11.6. The average molecular weight is 252 g/mol. The van der Waals surface area contributed by atoms with Crippen LogP contribution in [0.5, 0.6) is 5.75 Å². The van der Waals surface area contributed by atoms with Crippen molar-refractivity contribution < 1.29 is 19.0 Å². The Morgan fingerprint density at radius 2 is 2.06 bits per heavy atom. The lowest BCUT2D eigenvalue weighted by Gasteiger charge is -2.04. The van der Waals surface area contributed by atoms with E-state index < -0.39 is 11.8 Å². The SMILES string of the molecule is O=C(O)c1ccc(COc2ccccc2F)s1. The van der Waals surface area contributed by atoms with Gasteiger partial charge in [-0.05, 0) is 24.3 Å². The number of carbonyl (C=O) groups is 1. The molecule has 17 heavy (non-hydrogen) atoms. The summed E-state index contributed by atoms with van der Waals surface area (Å²) in [7, 11) is 0. The van der Waals surface area contributed by atoms with E-state index in [1.807, 2.05) is 0 Å². The van der Waals surface area contributed by atoms with Crippen molar-refractivity contribution in [1.29, 1.82) is 0 Å². The minimum atomic E-state index is -0.966. The van der Waals surface area contributed by atoms with Gasteiger partial charge in [-0.25, -0.2) is 9.18 Å². The second-order valence-electron chi connectivity index (χ2n) is 3.29. The number of carboxylic acids is 1. The van der Waals surface area contributed by atoms with E-state index in [0.717, 1.165) is 16.2 Å². The lowest BCUT2D eigenvalue weighted by Crippen LogP contribution is -1.95. The Bertz CT molecular complexity index is 536. The second kappa shape index (κ2) is 4.97. The highest BCUT2D eigenvalue weighted by Gasteiger charge is 2.08. The molecule has 88 valence electrons. The maximum Gasteiger partial charge on any atom is 0.345 e.